The Morgan fingerprint density at radius 3 is 2.61 bits per heavy atom. The van der Waals surface area contributed by atoms with Crippen LogP contribution in [-0.4, -0.2) is 38.1 Å². The van der Waals surface area contributed by atoms with E-state index in [4.69, 9.17) is 9.26 Å². The molecule has 146 valence electrons. The summed E-state index contributed by atoms with van der Waals surface area (Å²) < 4.78 is 38.9. The maximum absolute atomic E-state index is 13.4. The second kappa shape index (κ2) is 7.41. The highest BCUT2D eigenvalue weighted by molar-refractivity contribution is 7.89. The topological polar surface area (TPSA) is 72.6 Å². The Morgan fingerprint density at radius 2 is 1.93 bits per heavy atom. The minimum atomic E-state index is -3.70. The maximum Gasteiger partial charge on any atom is 0.246 e. The third-order valence-corrected chi connectivity index (χ3v) is 7.00. The van der Waals surface area contributed by atoms with Crippen LogP contribution >= 0.6 is 0 Å². The van der Waals surface area contributed by atoms with Crippen LogP contribution < -0.4 is 4.74 Å². The summed E-state index contributed by atoms with van der Waals surface area (Å²) in [4.78, 5) is 0.148. The average molecular weight is 398 g/mol. The molecule has 0 bridgehead atoms. The summed E-state index contributed by atoms with van der Waals surface area (Å²) in [5.74, 6) is 1.05. The number of nitrogens with zero attached hydrogens (tertiary/aromatic N) is 2. The first-order valence-electron chi connectivity index (χ1n) is 9.16. The summed E-state index contributed by atoms with van der Waals surface area (Å²) in [5, 5.41) is 3.88. The molecule has 0 amide bonds. The van der Waals surface area contributed by atoms with E-state index >= 15 is 0 Å². The fourth-order valence-corrected chi connectivity index (χ4v) is 5.30. The fourth-order valence-electron chi connectivity index (χ4n) is 3.61. The molecule has 4 rings (SSSR count). The van der Waals surface area contributed by atoms with Gasteiger partial charge in [0, 0.05) is 24.7 Å². The normalized spacial score (nSPS) is 17.7. The molecule has 1 fully saturated rings. The van der Waals surface area contributed by atoms with Crippen LogP contribution in [0.15, 0.2) is 64.0 Å². The van der Waals surface area contributed by atoms with Crippen molar-refractivity contribution in [3.63, 3.8) is 0 Å². The Kier molecular flexibility index (Phi) is 4.95. The van der Waals surface area contributed by atoms with Gasteiger partial charge in [-0.25, -0.2) is 8.42 Å². The van der Waals surface area contributed by atoms with Crippen LogP contribution in [-0.2, 0) is 10.0 Å². The van der Waals surface area contributed by atoms with Gasteiger partial charge in [-0.15, -0.1) is 0 Å². The van der Waals surface area contributed by atoms with E-state index in [0.29, 0.717) is 30.2 Å². The number of hydrogen-bond donors (Lipinski definition) is 0. The number of methoxy groups -OCH3 is 1. The molecule has 0 spiro atoms. The van der Waals surface area contributed by atoms with Gasteiger partial charge in [-0.3, -0.25) is 0 Å². The first kappa shape index (κ1) is 18.7. The molecular formula is C21H22N2O4S. The van der Waals surface area contributed by atoms with Gasteiger partial charge < -0.3 is 9.26 Å². The lowest BCUT2D eigenvalue weighted by molar-refractivity contribution is 0.397. The van der Waals surface area contributed by atoms with E-state index in [1.807, 2.05) is 37.3 Å². The van der Waals surface area contributed by atoms with E-state index in [1.165, 1.54) is 11.4 Å². The molecule has 0 unspecified atom stereocenters. The van der Waals surface area contributed by atoms with E-state index in [0.717, 1.165) is 17.7 Å². The highest BCUT2D eigenvalue weighted by Crippen LogP contribution is 2.36. The highest BCUT2D eigenvalue weighted by Gasteiger charge is 2.35. The van der Waals surface area contributed by atoms with Crippen LogP contribution in [0.4, 0.5) is 0 Å². The molecule has 7 heteroatoms. The molecule has 0 N–H and O–H groups in total. The lowest BCUT2D eigenvalue weighted by atomic mass is 9.99. The molecule has 2 heterocycles. The van der Waals surface area contributed by atoms with Crippen molar-refractivity contribution < 1.29 is 17.7 Å². The summed E-state index contributed by atoms with van der Waals surface area (Å²) in [5.41, 5.74) is 2.55. The zero-order valence-electron chi connectivity index (χ0n) is 15.8. The van der Waals surface area contributed by atoms with Gasteiger partial charge >= 0.3 is 0 Å². The SMILES string of the molecule is COc1ccc(-c2cc(C)no2)cc1S(=O)(=O)N1CC[C@H](c2ccccc2)C1. The predicted molar refractivity (Wildman–Crippen MR) is 106 cm³/mol. The number of rotatable bonds is 5. The van der Waals surface area contributed by atoms with Gasteiger partial charge in [-0.1, -0.05) is 35.5 Å². The van der Waals surface area contributed by atoms with Crippen molar-refractivity contribution in [3.05, 3.63) is 65.9 Å². The van der Waals surface area contributed by atoms with Gasteiger partial charge in [0.25, 0.3) is 0 Å². The summed E-state index contributed by atoms with van der Waals surface area (Å²) in [6.07, 6.45) is 0.798. The molecule has 6 nitrogen and oxygen atoms in total. The lowest BCUT2D eigenvalue weighted by Crippen LogP contribution is -2.29. The summed E-state index contributed by atoms with van der Waals surface area (Å²) >= 11 is 0. The molecule has 1 aliphatic rings. The van der Waals surface area contributed by atoms with Gasteiger partial charge in [0.1, 0.15) is 10.6 Å². The van der Waals surface area contributed by atoms with Gasteiger partial charge in [0.05, 0.1) is 12.8 Å². The number of hydrogen-bond acceptors (Lipinski definition) is 5. The molecule has 28 heavy (non-hydrogen) atoms. The second-order valence-corrected chi connectivity index (χ2v) is 8.86. The second-order valence-electron chi connectivity index (χ2n) is 6.96. The van der Waals surface area contributed by atoms with E-state index in [2.05, 4.69) is 5.16 Å². The first-order valence-corrected chi connectivity index (χ1v) is 10.6. The van der Waals surface area contributed by atoms with E-state index < -0.39 is 10.0 Å². The van der Waals surface area contributed by atoms with Gasteiger partial charge in [-0.2, -0.15) is 4.31 Å². The van der Waals surface area contributed by atoms with Crippen LogP contribution in [0.25, 0.3) is 11.3 Å². The first-order chi connectivity index (χ1) is 13.5. The number of aromatic nitrogens is 1. The zero-order valence-corrected chi connectivity index (χ0v) is 16.6. The number of benzene rings is 2. The summed E-state index contributed by atoms with van der Waals surface area (Å²) in [6.45, 7) is 2.76. The molecule has 1 saturated heterocycles. The third kappa shape index (κ3) is 3.43. The van der Waals surface area contributed by atoms with Crippen LogP contribution in [0.2, 0.25) is 0 Å². The molecule has 1 aliphatic heterocycles. The Labute approximate surface area is 164 Å². The minimum Gasteiger partial charge on any atom is -0.495 e. The number of sulfonamides is 1. The van der Waals surface area contributed by atoms with Crippen molar-refractivity contribution in [1.82, 2.24) is 9.46 Å². The smallest absolute Gasteiger partial charge is 0.246 e. The van der Waals surface area contributed by atoms with Gasteiger partial charge in [0.15, 0.2) is 5.76 Å². The highest BCUT2D eigenvalue weighted by atomic mass is 32.2. The monoisotopic (exact) mass is 398 g/mol. The fraction of sp³-hybridized carbons (Fsp3) is 0.286. The molecule has 1 atom stereocenters. The van der Waals surface area contributed by atoms with Crippen LogP contribution in [0.5, 0.6) is 5.75 Å². The average Bonchev–Trinajstić information content (AvgIpc) is 3.38. The number of aryl methyl sites for hydroxylation is 1. The zero-order chi connectivity index (χ0) is 19.7. The van der Waals surface area contributed by atoms with Crippen molar-refractivity contribution in [2.75, 3.05) is 20.2 Å². The molecular weight excluding hydrogens is 376 g/mol. The van der Waals surface area contributed by atoms with E-state index in [9.17, 15) is 8.42 Å². The standard InChI is InChI=1S/C21H22N2O4S/c1-15-12-20(27-22-15)17-8-9-19(26-2)21(13-17)28(24,25)23-11-10-18(14-23)16-6-4-3-5-7-16/h3-9,12-13,18H,10-11,14H2,1-2H3/t18-/m0/s1. The minimum absolute atomic E-state index is 0.148. The van der Waals surface area contributed by atoms with Crippen molar-refractivity contribution in [2.45, 2.75) is 24.2 Å². The molecule has 0 saturated carbocycles. The van der Waals surface area contributed by atoms with E-state index in [1.54, 1.807) is 24.3 Å². The maximum atomic E-state index is 13.4. The predicted octanol–water partition coefficient (Wildman–Crippen LogP) is 3.84. The Bertz CT molecular complexity index is 1080. The number of ether oxygens (including phenoxy) is 1. The molecule has 1 aromatic heterocycles. The molecule has 2 aromatic carbocycles. The lowest BCUT2D eigenvalue weighted by Gasteiger charge is -2.19. The van der Waals surface area contributed by atoms with Crippen LogP contribution in [0.3, 0.4) is 0 Å². The molecule has 0 radical (unpaired) electrons. The van der Waals surface area contributed by atoms with Crippen LogP contribution in [0.1, 0.15) is 23.6 Å². The van der Waals surface area contributed by atoms with Gasteiger partial charge in [0.2, 0.25) is 10.0 Å². The Balaban J connectivity index is 1.67. The molecule has 3 aromatic rings. The van der Waals surface area contributed by atoms with Crippen molar-refractivity contribution in [2.24, 2.45) is 0 Å². The molecule has 0 aliphatic carbocycles. The van der Waals surface area contributed by atoms with Crippen LogP contribution in [0, 0.1) is 6.92 Å². The quantitative estimate of drug-likeness (QED) is 0.653. The summed E-state index contributed by atoms with van der Waals surface area (Å²) in [6, 6.07) is 16.8. The van der Waals surface area contributed by atoms with Gasteiger partial charge in [-0.05, 0) is 43.0 Å². The van der Waals surface area contributed by atoms with E-state index in [-0.39, 0.29) is 10.8 Å². The largest absolute Gasteiger partial charge is 0.495 e. The Morgan fingerprint density at radius 1 is 1.14 bits per heavy atom. The third-order valence-electron chi connectivity index (χ3n) is 5.12. The Hall–Kier alpha value is -2.64. The summed E-state index contributed by atoms with van der Waals surface area (Å²) in [7, 11) is -2.22. The van der Waals surface area contributed by atoms with Crippen molar-refractivity contribution in [3.8, 4) is 17.1 Å². The van der Waals surface area contributed by atoms with Crippen molar-refractivity contribution in [1.29, 1.82) is 0 Å². The van der Waals surface area contributed by atoms with Crippen molar-refractivity contribution >= 4 is 10.0 Å².